The van der Waals surface area contributed by atoms with Crippen molar-refractivity contribution in [2.75, 3.05) is 32.4 Å². The molecule has 2 saturated heterocycles. The predicted molar refractivity (Wildman–Crippen MR) is 66.2 cm³/mol. The lowest BCUT2D eigenvalue weighted by Crippen LogP contribution is -2.43. The Bertz CT molecular complexity index is 363. The molecule has 0 amide bonds. The van der Waals surface area contributed by atoms with E-state index in [0.717, 1.165) is 25.8 Å². The van der Waals surface area contributed by atoms with Crippen molar-refractivity contribution in [1.29, 1.82) is 0 Å². The lowest BCUT2D eigenvalue weighted by atomic mass is 9.85. The molecule has 17 heavy (non-hydrogen) atoms. The minimum Gasteiger partial charge on any atom is -0.389 e. The standard InChI is InChI=1S/C11H22N2O3S/c1-17(15,16)13-6-2-3-10(8-13)7-11(14)4-5-12-9-11/h10,12,14H,2-9H2,1H3. The van der Waals surface area contributed by atoms with Crippen LogP contribution in [0.1, 0.15) is 25.7 Å². The summed E-state index contributed by atoms with van der Waals surface area (Å²) in [4.78, 5) is 0. The van der Waals surface area contributed by atoms with Gasteiger partial charge in [-0.05, 0) is 38.1 Å². The highest BCUT2D eigenvalue weighted by Gasteiger charge is 2.36. The van der Waals surface area contributed by atoms with Crippen LogP contribution >= 0.6 is 0 Å². The van der Waals surface area contributed by atoms with Crippen LogP contribution in [0.4, 0.5) is 0 Å². The molecule has 2 unspecified atom stereocenters. The summed E-state index contributed by atoms with van der Waals surface area (Å²) in [5.74, 6) is 0.295. The molecule has 0 bridgehead atoms. The topological polar surface area (TPSA) is 69.6 Å². The van der Waals surface area contributed by atoms with Crippen molar-refractivity contribution in [3.05, 3.63) is 0 Å². The van der Waals surface area contributed by atoms with Crippen LogP contribution in [0.15, 0.2) is 0 Å². The van der Waals surface area contributed by atoms with Crippen LogP contribution in [0.25, 0.3) is 0 Å². The molecule has 0 radical (unpaired) electrons. The van der Waals surface area contributed by atoms with E-state index in [-0.39, 0.29) is 0 Å². The van der Waals surface area contributed by atoms with E-state index in [4.69, 9.17) is 0 Å². The molecular formula is C11H22N2O3S. The maximum atomic E-state index is 11.5. The highest BCUT2D eigenvalue weighted by atomic mass is 32.2. The van der Waals surface area contributed by atoms with Crippen molar-refractivity contribution in [3.8, 4) is 0 Å². The van der Waals surface area contributed by atoms with Gasteiger partial charge in [-0.3, -0.25) is 0 Å². The number of hydrogen-bond donors (Lipinski definition) is 2. The van der Waals surface area contributed by atoms with E-state index in [1.165, 1.54) is 6.26 Å². The first-order valence-electron chi connectivity index (χ1n) is 6.27. The van der Waals surface area contributed by atoms with Gasteiger partial charge in [-0.25, -0.2) is 12.7 Å². The van der Waals surface area contributed by atoms with E-state index in [9.17, 15) is 13.5 Å². The zero-order valence-electron chi connectivity index (χ0n) is 10.4. The first-order valence-corrected chi connectivity index (χ1v) is 8.12. The van der Waals surface area contributed by atoms with Gasteiger partial charge in [0.2, 0.25) is 10.0 Å². The normalized spacial score (nSPS) is 36.2. The molecule has 0 aromatic carbocycles. The number of hydrogen-bond acceptors (Lipinski definition) is 4. The molecule has 2 atom stereocenters. The molecular weight excluding hydrogens is 240 g/mol. The molecule has 2 heterocycles. The van der Waals surface area contributed by atoms with Crippen molar-refractivity contribution in [1.82, 2.24) is 9.62 Å². The van der Waals surface area contributed by atoms with E-state index in [1.807, 2.05) is 0 Å². The summed E-state index contributed by atoms with van der Waals surface area (Å²) in [6.45, 7) is 2.70. The molecule has 2 aliphatic rings. The molecule has 0 aliphatic carbocycles. The summed E-state index contributed by atoms with van der Waals surface area (Å²) in [5.41, 5.74) is -0.620. The molecule has 2 aliphatic heterocycles. The summed E-state index contributed by atoms with van der Waals surface area (Å²) in [6, 6.07) is 0. The van der Waals surface area contributed by atoms with Crippen LogP contribution in [0.2, 0.25) is 0 Å². The van der Waals surface area contributed by atoms with E-state index in [1.54, 1.807) is 4.31 Å². The summed E-state index contributed by atoms with van der Waals surface area (Å²) >= 11 is 0. The number of piperidine rings is 1. The molecule has 6 heteroatoms. The van der Waals surface area contributed by atoms with Gasteiger partial charge in [0.1, 0.15) is 0 Å². The molecule has 0 spiro atoms. The SMILES string of the molecule is CS(=O)(=O)N1CCCC(CC2(O)CCNC2)C1. The third-order valence-electron chi connectivity index (χ3n) is 3.84. The first kappa shape index (κ1) is 13.3. The van der Waals surface area contributed by atoms with Crippen molar-refractivity contribution < 1.29 is 13.5 Å². The molecule has 2 fully saturated rings. The second kappa shape index (κ2) is 4.84. The molecule has 0 aromatic heterocycles. The maximum absolute atomic E-state index is 11.5. The molecule has 100 valence electrons. The van der Waals surface area contributed by atoms with Gasteiger partial charge < -0.3 is 10.4 Å². The lowest BCUT2D eigenvalue weighted by Gasteiger charge is -2.34. The smallest absolute Gasteiger partial charge is 0.211 e. The zero-order chi connectivity index (χ0) is 12.5. The van der Waals surface area contributed by atoms with Crippen LogP contribution < -0.4 is 5.32 Å². The summed E-state index contributed by atoms with van der Waals surface area (Å²) in [6.07, 6.45) is 4.69. The third-order valence-corrected chi connectivity index (χ3v) is 5.11. The third kappa shape index (κ3) is 3.40. The van der Waals surface area contributed by atoms with Crippen LogP contribution in [0.5, 0.6) is 0 Å². The Balaban J connectivity index is 1.94. The average molecular weight is 262 g/mol. The van der Waals surface area contributed by atoms with Gasteiger partial charge in [-0.2, -0.15) is 0 Å². The van der Waals surface area contributed by atoms with Gasteiger partial charge in [0, 0.05) is 19.6 Å². The quantitative estimate of drug-likeness (QED) is 0.737. The number of β-amino-alcohol motifs (C(OH)–C–C–N with tert-alkyl or cyclic N) is 1. The van der Waals surface area contributed by atoms with Crippen LogP contribution in [-0.2, 0) is 10.0 Å². The zero-order valence-corrected chi connectivity index (χ0v) is 11.2. The molecule has 0 saturated carbocycles. The van der Waals surface area contributed by atoms with Gasteiger partial charge in [0.05, 0.1) is 11.9 Å². The fraction of sp³-hybridized carbons (Fsp3) is 1.00. The Morgan fingerprint density at radius 3 is 2.88 bits per heavy atom. The summed E-state index contributed by atoms with van der Waals surface area (Å²) < 4.78 is 24.5. The molecule has 2 N–H and O–H groups in total. The van der Waals surface area contributed by atoms with Gasteiger partial charge in [0.25, 0.3) is 0 Å². The lowest BCUT2D eigenvalue weighted by molar-refractivity contribution is 0.0262. The Morgan fingerprint density at radius 1 is 1.53 bits per heavy atom. The van der Waals surface area contributed by atoms with E-state index in [2.05, 4.69) is 5.32 Å². The van der Waals surface area contributed by atoms with Crippen molar-refractivity contribution >= 4 is 10.0 Å². The summed E-state index contributed by atoms with van der Waals surface area (Å²) in [7, 11) is -3.08. The fourth-order valence-corrected chi connectivity index (χ4v) is 3.88. The van der Waals surface area contributed by atoms with Crippen molar-refractivity contribution in [3.63, 3.8) is 0 Å². The number of aliphatic hydroxyl groups is 1. The Hall–Kier alpha value is -0.170. The number of nitrogens with one attached hydrogen (secondary N) is 1. The van der Waals surface area contributed by atoms with Gasteiger partial charge in [-0.15, -0.1) is 0 Å². The fourth-order valence-electron chi connectivity index (χ4n) is 2.94. The van der Waals surface area contributed by atoms with Crippen molar-refractivity contribution in [2.45, 2.75) is 31.3 Å². The van der Waals surface area contributed by atoms with Gasteiger partial charge in [0.15, 0.2) is 0 Å². The average Bonchev–Trinajstić information content (AvgIpc) is 2.64. The molecule has 0 aromatic rings. The van der Waals surface area contributed by atoms with Crippen LogP contribution in [0.3, 0.4) is 0 Å². The van der Waals surface area contributed by atoms with Crippen LogP contribution in [0, 0.1) is 5.92 Å². The Morgan fingerprint density at radius 2 is 2.29 bits per heavy atom. The second-order valence-electron chi connectivity index (χ2n) is 5.48. The van der Waals surface area contributed by atoms with Crippen molar-refractivity contribution in [2.24, 2.45) is 5.92 Å². The monoisotopic (exact) mass is 262 g/mol. The maximum Gasteiger partial charge on any atom is 0.211 e. The van der Waals surface area contributed by atoms with Crippen LogP contribution in [-0.4, -0.2) is 55.9 Å². The molecule has 2 rings (SSSR count). The minimum atomic E-state index is -3.08. The van der Waals surface area contributed by atoms with Gasteiger partial charge >= 0.3 is 0 Å². The Kier molecular flexibility index (Phi) is 3.77. The predicted octanol–water partition coefficient (Wildman–Crippen LogP) is -0.227. The molecule has 5 nitrogen and oxygen atoms in total. The largest absolute Gasteiger partial charge is 0.389 e. The van der Waals surface area contributed by atoms with Gasteiger partial charge in [-0.1, -0.05) is 0 Å². The van der Waals surface area contributed by atoms with E-state index < -0.39 is 15.6 Å². The second-order valence-corrected chi connectivity index (χ2v) is 7.47. The van der Waals surface area contributed by atoms with E-state index in [0.29, 0.717) is 32.0 Å². The summed E-state index contributed by atoms with van der Waals surface area (Å²) in [5, 5.41) is 13.5. The number of sulfonamides is 1. The minimum absolute atomic E-state index is 0.295. The number of rotatable bonds is 3. The first-order chi connectivity index (χ1) is 7.89. The number of nitrogens with zero attached hydrogens (tertiary/aromatic N) is 1. The van der Waals surface area contributed by atoms with E-state index >= 15 is 0 Å². The Labute approximate surface area is 103 Å². The highest BCUT2D eigenvalue weighted by Crippen LogP contribution is 2.29. The highest BCUT2D eigenvalue weighted by molar-refractivity contribution is 7.88.